The molecule has 2 fully saturated rings. The number of hydrogen-bond acceptors (Lipinski definition) is 4. The molecule has 3 aliphatic heterocycles. The first-order chi connectivity index (χ1) is 15.9. The van der Waals surface area contributed by atoms with Crippen molar-refractivity contribution in [1.82, 2.24) is 4.90 Å². The van der Waals surface area contributed by atoms with Crippen LogP contribution in [0.2, 0.25) is 0 Å². The highest BCUT2D eigenvalue weighted by Crippen LogP contribution is 2.36. The first-order valence-corrected chi connectivity index (χ1v) is 11.6. The number of alkyl halides is 3. The molecule has 0 radical (unpaired) electrons. The van der Waals surface area contributed by atoms with Gasteiger partial charge >= 0.3 is 6.18 Å². The fourth-order valence-electron chi connectivity index (χ4n) is 5.10. The molecule has 3 heterocycles. The van der Waals surface area contributed by atoms with E-state index >= 15 is 0 Å². The predicted molar refractivity (Wildman–Crippen MR) is 121 cm³/mol. The average Bonchev–Trinajstić information content (AvgIpc) is 3.15. The molecule has 2 aromatic rings. The maximum atomic E-state index is 12.9. The van der Waals surface area contributed by atoms with Gasteiger partial charge in [0.15, 0.2) is 0 Å². The number of ether oxygens (including phenoxy) is 1. The molecular formula is C25H28F3N3O2. The van der Waals surface area contributed by atoms with E-state index in [1.54, 1.807) is 0 Å². The number of nitrogens with one attached hydrogen (secondary N) is 1. The van der Waals surface area contributed by atoms with Gasteiger partial charge in [-0.25, -0.2) is 0 Å². The molecule has 0 unspecified atom stereocenters. The van der Waals surface area contributed by atoms with E-state index in [1.165, 1.54) is 0 Å². The lowest BCUT2D eigenvalue weighted by Crippen LogP contribution is -2.39. The maximum Gasteiger partial charge on any atom is 0.391 e. The number of anilines is 3. The van der Waals surface area contributed by atoms with Crippen molar-refractivity contribution < 1.29 is 22.7 Å². The van der Waals surface area contributed by atoms with E-state index in [0.717, 1.165) is 41.0 Å². The van der Waals surface area contributed by atoms with Gasteiger partial charge < -0.3 is 19.9 Å². The Hall–Kier alpha value is -2.74. The van der Waals surface area contributed by atoms with E-state index in [2.05, 4.69) is 5.32 Å². The van der Waals surface area contributed by atoms with Crippen LogP contribution in [-0.4, -0.2) is 49.3 Å². The summed E-state index contributed by atoms with van der Waals surface area (Å²) in [5.41, 5.74) is 4.54. The van der Waals surface area contributed by atoms with Crippen LogP contribution in [-0.2, 0) is 11.3 Å². The average molecular weight is 460 g/mol. The van der Waals surface area contributed by atoms with E-state index in [-0.39, 0.29) is 24.8 Å². The largest absolute Gasteiger partial charge is 0.391 e. The van der Waals surface area contributed by atoms with Crippen LogP contribution in [0, 0.1) is 5.92 Å². The Bertz CT molecular complexity index is 995. The van der Waals surface area contributed by atoms with Gasteiger partial charge in [0.05, 0.1) is 5.92 Å². The first-order valence-electron chi connectivity index (χ1n) is 11.6. The molecule has 0 bridgehead atoms. The van der Waals surface area contributed by atoms with Crippen LogP contribution in [0.3, 0.4) is 0 Å². The highest BCUT2D eigenvalue weighted by atomic mass is 19.4. The van der Waals surface area contributed by atoms with Crippen molar-refractivity contribution in [1.29, 1.82) is 0 Å². The molecule has 5 nitrogen and oxygen atoms in total. The van der Waals surface area contributed by atoms with E-state index in [9.17, 15) is 18.0 Å². The molecule has 2 aromatic carbocycles. The number of halogens is 3. The van der Waals surface area contributed by atoms with Crippen LogP contribution in [0.25, 0.3) is 0 Å². The molecule has 0 spiro atoms. The van der Waals surface area contributed by atoms with Crippen molar-refractivity contribution in [3.8, 4) is 0 Å². The van der Waals surface area contributed by atoms with Gasteiger partial charge in [0.1, 0.15) is 0 Å². The van der Waals surface area contributed by atoms with E-state index in [1.807, 2.05) is 52.3 Å². The lowest BCUT2D eigenvalue weighted by Gasteiger charge is -2.34. The van der Waals surface area contributed by atoms with Crippen LogP contribution < -0.4 is 10.2 Å². The summed E-state index contributed by atoms with van der Waals surface area (Å²) in [6.45, 7) is 2.86. The second kappa shape index (κ2) is 8.89. The van der Waals surface area contributed by atoms with Gasteiger partial charge in [-0.2, -0.15) is 13.2 Å². The zero-order valence-corrected chi connectivity index (χ0v) is 18.4. The molecular weight excluding hydrogens is 431 g/mol. The smallest absolute Gasteiger partial charge is 0.381 e. The minimum atomic E-state index is -4.10. The highest BCUT2D eigenvalue weighted by molar-refractivity contribution is 5.99. The van der Waals surface area contributed by atoms with Crippen LogP contribution in [0.15, 0.2) is 42.5 Å². The maximum absolute atomic E-state index is 12.9. The summed E-state index contributed by atoms with van der Waals surface area (Å²) in [7, 11) is 0. The third kappa shape index (κ3) is 4.67. The molecule has 2 saturated heterocycles. The zero-order chi connectivity index (χ0) is 23.0. The number of fused-ring (bicyclic) bond motifs is 1. The van der Waals surface area contributed by atoms with E-state index in [0.29, 0.717) is 32.8 Å². The Balaban J connectivity index is 1.21. The number of nitrogens with zero attached hydrogens (tertiary/aromatic N) is 2. The molecule has 0 aromatic heterocycles. The lowest BCUT2D eigenvalue weighted by atomic mass is 9.96. The Morgan fingerprint density at radius 3 is 2.24 bits per heavy atom. The molecule has 5 rings (SSSR count). The van der Waals surface area contributed by atoms with E-state index < -0.39 is 12.1 Å². The van der Waals surface area contributed by atoms with Crippen LogP contribution in [0.4, 0.5) is 30.2 Å². The SMILES string of the molecule is O=C1c2ccc(Nc3ccc(N4CCC(C(F)(F)F)CC4)cc3)cc2CN1C1CCOCC1. The molecule has 0 saturated carbocycles. The predicted octanol–water partition coefficient (Wildman–Crippen LogP) is 5.34. The van der Waals surface area contributed by atoms with Crippen molar-refractivity contribution in [2.24, 2.45) is 5.92 Å². The molecule has 176 valence electrons. The number of hydrogen-bond donors (Lipinski definition) is 1. The fourth-order valence-corrected chi connectivity index (χ4v) is 5.10. The van der Waals surface area contributed by atoms with Crippen molar-refractivity contribution in [3.63, 3.8) is 0 Å². The number of benzene rings is 2. The first kappa shape index (κ1) is 22.1. The Morgan fingerprint density at radius 2 is 1.58 bits per heavy atom. The minimum Gasteiger partial charge on any atom is -0.381 e. The van der Waals surface area contributed by atoms with Crippen molar-refractivity contribution in [3.05, 3.63) is 53.6 Å². The van der Waals surface area contributed by atoms with Gasteiger partial charge in [0.25, 0.3) is 5.91 Å². The number of piperidine rings is 1. The second-order valence-electron chi connectivity index (χ2n) is 9.12. The summed E-state index contributed by atoms with van der Waals surface area (Å²) in [4.78, 5) is 16.8. The van der Waals surface area contributed by atoms with Gasteiger partial charge in [-0.3, -0.25) is 4.79 Å². The van der Waals surface area contributed by atoms with Crippen molar-refractivity contribution in [2.75, 3.05) is 36.5 Å². The van der Waals surface area contributed by atoms with Crippen LogP contribution >= 0.6 is 0 Å². The van der Waals surface area contributed by atoms with Gasteiger partial charge in [-0.05, 0) is 73.7 Å². The third-order valence-electron chi connectivity index (χ3n) is 7.05. The summed E-state index contributed by atoms with van der Waals surface area (Å²) >= 11 is 0. The van der Waals surface area contributed by atoms with Gasteiger partial charge in [-0.1, -0.05) is 0 Å². The Labute approximate surface area is 191 Å². The number of rotatable bonds is 4. The Morgan fingerprint density at radius 1 is 0.909 bits per heavy atom. The standard InChI is InChI=1S/C25H28F3N3O2/c26-25(27,28)18-7-11-30(12-8-18)21-4-1-19(2-5-21)29-20-3-6-23-17(15-20)16-31(24(23)32)22-9-13-33-14-10-22/h1-6,15,18,22,29H,7-14,16H2. The Kier molecular flexibility index (Phi) is 5.95. The number of carbonyl (C=O) groups is 1. The van der Waals surface area contributed by atoms with Crippen molar-refractivity contribution in [2.45, 2.75) is 44.4 Å². The summed E-state index contributed by atoms with van der Waals surface area (Å²) in [5.74, 6) is -1.09. The van der Waals surface area contributed by atoms with Crippen LogP contribution in [0.1, 0.15) is 41.6 Å². The highest BCUT2D eigenvalue weighted by Gasteiger charge is 2.41. The topological polar surface area (TPSA) is 44.8 Å². The van der Waals surface area contributed by atoms with Gasteiger partial charge in [0, 0.05) is 61.5 Å². The molecule has 33 heavy (non-hydrogen) atoms. The van der Waals surface area contributed by atoms with Gasteiger partial charge in [0.2, 0.25) is 0 Å². The normalized spacial score (nSPS) is 20.3. The minimum absolute atomic E-state index is 0.0992. The number of carbonyl (C=O) groups excluding carboxylic acids is 1. The number of amides is 1. The monoisotopic (exact) mass is 459 g/mol. The van der Waals surface area contributed by atoms with Gasteiger partial charge in [-0.15, -0.1) is 0 Å². The summed E-state index contributed by atoms with van der Waals surface area (Å²) in [6.07, 6.45) is -2.05. The fraction of sp³-hybridized carbons (Fsp3) is 0.480. The molecule has 0 atom stereocenters. The van der Waals surface area contributed by atoms with E-state index in [4.69, 9.17) is 4.74 Å². The summed E-state index contributed by atoms with van der Waals surface area (Å²) < 4.78 is 44.1. The molecule has 8 heteroatoms. The van der Waals surface area contributed by atoms with Crippen LogP contribution in [0.5, 0.6) is 0 Å². The molecule has 1 amide bonds. The molecule has 0 aliphatic carbocycles. The quantitative estimate of drug-likeness (QED) is 0.670. The summed E-state index contributed by atoms with van der Waals surface area (Å²) in [6, 6.07) is 13.8. The second-order valence-corrected chi connectivity index (χ2v) is 9.12. The van der Waals surface area contributed by atoms with Crippen molar-refractivity contribution >= 4 is 23.0 Å². The third-order valence-corrected chi connectivity index (χ3v) is 7.05. The zero-order valence-electron chi connectivity index (χ0n) is 18.4. The molecule has 3 aliphatic rings. The lowest BCUT2D eigenvalue weighted by molar-refractivity contribution is -0.179. The summed E-state index contributed by atoms with van der Waals surface area (Å²) in [5, 5.41) is 3.38. The molecule has 1 N–H and O–H groups in total.